The van der Waals surface area contributed by atoms with Crippen molar-refractivity contribution in [3.63, 3.8) is 0 Å². The molecule has 9 heteroatoms. The first kappa shape index (κ1) is 56.2. The van der Waals surface area contributed by atoms with E-state index in [1.165, 1.54) is 32.4 Å². The average molecular weight is 1300 g/mol. The molecule has 0 aliphatic rings. The van der Waals surface area contributed by atoms with Gasteiger partial charge in [-0.2, -0.15) is 0 Å². The first-order valence-corrected chi connectivity index (χ1v) is 34.6. The third kappa shape index (κ3) is 8.24. The second-order valence-electron chi connectivity index (χ2n) is 26.5. The fourth-order valence-corrected chi connectivity index (χ4v) is 16.6. The van der Waals surface area contributed by atoms with E-state index in [1.807, 2.05) is 24.3 Å². The summed E-state index contributed by atoms with van der Waals surface area (Å²) in [6.07, 6.45) is 0. The lowest BCUT2D eigenvalue weighted by molar-refractivity contribution is 0.670. The van der Waals surface area contributed by atoms with Gasteiger partial charge in [0.15, 0.2) is 11.2 Å². The van der Waals surface area contributed by atoms with Gasteiger partial charge >= 0.3 is 0 Å². The van der Waals surface area contributed by atoms with Crippen LogP contribution in [0.2, 0.25) is 0 Å². The molecule has 0 saturated heterocycles. The summed E-state index contributed by atoms with van der Waals surface area (Å²) < 4.78 is 22.8. The van der Waals surface area contributed by atoms with Gasteiger partial charge in [-0.25, -0.2) is 15.0 Å². The number of fused-ring (bicyclic) bond motifs is 24. The lowest BCUT2D eigenvalue weighted by Gasteiger charge is -2.13. The molecule has 0 aliphatic heterocycles. The molecule has 23 aromatic rings. The third-order valence-electron chi connectivity index (χ3n) is 21.0. The number of para-hydroxylation sites is 7. The van der Waals surface area contributed by atoms with E-state index in [0.29, 0.717) is 5.95 Å². The molecule has 0 aliphatic carbocycles. The summed E-state index contributed by atoms with van der Waals surface area (Å²) in [6.45, 7) is 0. The Morgan fingerprint density at radius 2 is 0.716 bits per heavy atom. The molecule has 0 saturated carbocycles. The lowest BCUT2D eigenvalue weighted by Crippen LogP contribution is -2.03. The predicted octanol–water partition coefficient (Wildman–Crippen LogP) is 24.5. The van der Waals surface area contributed by atoms with Crippen LogP contribution in [0.25, 0.3) is 209 Å². The highest BCUT2D eigenvalue weighted by molar-refractivity contribution is 6.29. The van der Waals surface area contributed by atoms with Crippen LogP contribution in [-0.4, -0.2) is 33.2 Å². The number of nitrogens with zero attached hydrogens (tertiary/aromatic N) is 7. The van der Waals surface area contributed by atoms with E-state index in [9.17, 15) is 0 Å². The molecule has 9 nitrogen and oxygen atoms in total. The largest absolute Gasteiger partial charge is 0.454 e. The van der Waals surface area contributed by atoms with E-state index in [4.69, 9.17) is 23.8 Å². The second kappa shape index (κ2) is 21.8. The monoisotopic (exact) mass is 1300 g/mol. The SMILES string of the molecule is c1ccc(-c2cc(-n3c4cc5c(cc4c4ccc6c7ccccc7oc6c43)c3ccccc3n5-c3ccccc3)nc3ccccc23)cc1.c1ccc(-c2nc(-n3c4cc5c(cc4c4c6ccccc6ccc43)c3ccc4c6ccccc6oc4c3n5-c3ccccc3)nc3ccccc23)cc1. The van der Waals surface area contributed by atoms with Gasteiger partial charge in [-0.3, -0.25) is 9.13 Å². The molecule has 23 rings (SSSR count). The van der Waals surface area contributed by atoms with Crippen molar-refractivity contribution >= 4 is 164 Å². The van der Waals surface area contributed by atoms with Gasteiger partial charge in [-0.05, 0) is 125 Å². The fourth-order valence-electron chi connectivity index (χ4n) is 16.6. The zero-order valence-electron chi connectivity index (χ0n) is 54.7. The first-order valence-electron chi connectivity index (χ1n) is 34.6. The van der Waals surface area contributed by atoms with Crippen LogP contribution in [0.3, 0.4) is 0 Å². The molecule has 0 radical (unpaired) electrons. The number of furan rings is 2. The maximum Gasteiger partial charge on any atom is 0.235 e. The number of aromatic nitrogens is 7. The van der Waals surface area contributed by atoms with Crippen LogP contribution in [0.4, 0.5) is 0 Å². The Morgan fingerprint density at radius 1 is 0.245 bits per heavy atom. The van der Waals surface area contributed by atoms with Crippen LogP contribution < -0.4 is 0 Å². The molecular formula is C93H55N7O2. The van der Waals surface area contributed by atoms with Gasteiger partial charge in [-0.15, -0.1) is 0 Å². The highest BCUT2D eigenvalue weighted by Crippen LogP contribution is 2.48. The van der Waals surface area contributed by atoms with E-state index in [2.05, 4.69) is 328 Å². The Bertz CT molecular complexity index is 7430. The minimum Gasteiger partial charge on any atom is -0.454 e. The summed E-state index contributed by atoms with van der Waals surface area (Å²) >= 11 is 0. The average Bonchev–Trinajstić information content (AvgIpc) is 1.54. The number of hydrogen-bond acceptors (Lipinski definition) is 5. The number of pyridine rings is 1. The Balaban J connectivity index is 0.000000129. The predicted molar refractivity (Wildman–Crippen MR) is 422 cm³/mol. The van der Waals surface area contributed by atoms with Crippen LogP contribution in [0, 0.1) is 0 Å². The highest BCUT2D eigenvalue weighted by Gasteiger charge is 2.27. The maximum atomic E-state index is 6.75. The highest BCUT2D eigenvalue weighted by atomic mass is 16.3. The first-order chi connectivity index (χ1) is 50.6. The zero-order valence-corrected chi connectivity index (χ0v) is 54.7. The molecule has 0 N–H and O–H groups in total. The molecule has 474 valence electrons. The molecule has 0 atom stereocenters. The molecular weight excluding hydrogens is 1250 g/mol. The number of hydrogen-bond donors (Lipinski definition) is 0. The molecule has 0 amide bonds. The molecule has 8 aromatic heterocycles. The van der Waals surface area contributed by atoms with Gasteiger partial charge in [0, 0.05) is 92.3 Å². The van der Waals surface area contributed by atoms with E-state index in [1.54, 1.807) is 0 Å². The third-order valence-corrected chi connectivity index (χ3v) is 21.0. The number of benzene rings is 15. The van der Waals surface area contributed by atoms with Crippen LogP contribution in [-0.2, 0) is 0 Å². The Labute approximate surface area is 581 Å². The molecule has 0 bridgehead atoms. The van der Waals surface area contributed by atoms with Crippen molar-refractivity contribution < 1.29 is 8.83 Å². The Hall–Kier alpha value is -13.9. The van der Waals surface area contributed by atoms with E-state index < -0.39 is 0 Å². The normalized spacial score (nSPS) is 12.1. The van der Waals surface area contributed by atoms with Gasteiger partial charge in [0.2, 0.25) is 5.95 Å². The Morgan fingerprint density at radius 3 is 1.38 bits per heavy atom. The fraction of sp³-hybridized carbons (Fsp3) is 0. The molecule has 0 spiro atoms. The quantitative estimate of drug-likeness (QED) is 0.166. The van der Waals surface area contributed by atoms with E-state index >= 15 is 0 Å². The van der Waals surface area contributed by atoms with Crippen molar-refractivity contribution in [2.75, 3.05) is 0 Å². The van der Waals surface area contributed by atoms with Crippen molar-refractivity contribution in [3.8, 4) is 45.5 Å². The summed E-state index contributed by atoms with van der Waals surface area (Å²) in [6, 6.07) is 118. The van der Waals surface area contributed by atoms with E-state index in [0.717, 1.165) is 171 Å². The second-order valence-corrected chi connectivity index (χ2v) is 26.5. The zero-order chi connectivity index (χ0) is 66.7. The molecule has 0 fully saturated rings. The summed E-state index contributed by atoms with van der Waals surface area (Å²) in [5.41, 5.74) is 20.5. The van der Waals surface area contributed by atoms with Crippen LogP contribution in [0.5, 0.6) is 0 Å². The van der Waals surface area contributed by atoms with Crippen molar-refractivity contribution in [1.82, 2.24) is 33.2 Å². The van der Waals surface area contributed by atoms with Crippen LogP contribution in [0.1, 0.15) is 0 Å². The maximum absolute atomic E-state index is 6.75. The minimum atomic E-state index is 0.638. The van der Waals surface area contributed by atoms with Crippen molar-refractivity contribution in [3.05, 3.63) is 334 Å². The van der Waals surface area contributed by atoms with Crippen LogP contribution in [0.15, 0.2) is 342 Å². The summed E-state index contributed by atoms with van der Waals surface area (Å²) in [5.74, 6) is 1.49. The van der Waals surface area contributed by atoms with Crippen LogP contribution >= 0.6 is 0 Å². The molecule has 8 heterocycles. The van der Waals surface area contributed by atoms with Gasteiger partial charge in [0.1, 0.15) is 17.0 Å². The molecule has 0 unspecified atom stereocenters. The molecule has 15 aromatic carbocycles. The minimum absolute atomic E-state index is 0.638. The van der Waals surface area contributed by atoms with Crippen molar-refractivity contribution in [1.29, 1.82) is 0 Å². The van der Waals surface area contributed by atoms with Gasteiger partial charge < -0.3 is 18.0 Å². The lowest BCUT2D eigenvalue weighted by atomic mass is 10.0. The van der Waals surface area contributed by atoms with Gasteiger partial charge in [0.25, 0.3) is 0 Å². The molecule has 102 heavy (non-hydrogen) atoms. The van der Waals surface area contributed by atoms with Crippen molar-refractivity contribution in [2.24, 2.45) is 0 Å². The summed E-state index contributed by atoms with van der Waals surface area (Å²) in [7, 11) is 0. The van der Waals surface area contributed by atoms with E-state index in [-0.39, 0.29) is 0 Å². The summed E-state index contributed by atoms with van der Waals surface area (Å²) in [4.78, 5) is 16.1. The van der Waals surface area contributed by atoms with Gasteiger partial charge in [0.05, 0.1) is 60.9 Å². The topological polar surface area (TPSA) is 84.7 Å². The smallest absolute Gasteiger partial charge is 0.235 e. The Kier molecular flexibility index (Phi) is 12.0. The number of rotatable bonds is 6. The standard InChI is InChI=1S/C48H28N4O.C45H27N3O/c1-3-14-30(15-4-1)45-36-20-9-11-21-39(36)49-48(50-45)52-40-26-23-29-13-7-8-18-32(29)44(40)38-27-37-34-24-25-35-33-19-10-12-22-43(33)53-47(35)46(34)51(41(37)28-42(38)52)31-16-5-2-6-17-31;1-3-13-28(14-4-1)35-26-43(46-38-20-10-7-17-30(35)38)48-41-27-40-36(31-18-8-11-21-39(31)47(40)29-15-5-2-6-16-29)25-37(41)33-23-24-34-32-19-9-12-22-42(32)49-45(34)44(33)48/h1-28H;1-27H. The van der Waals surface area contributed by atoms with Crippen molar-refractivity contribution in [2.45, 2.75) is 0 Å². The van der Waals surface area contributed by atoms with Gasteiger partial charge in [-0.1, -0.05) is 231 Å². The summed E-state index contributed by atoms with van der Waals surface area (Å²) in [5, 5.41) is 18.4.